The van der Waals surface area contributed by atoms with E-state index in [0.29, 0.717) is 28.4 Å². The van der Waals surface area contributed by atoms with Gasteiger partial charge in [-0.3, -0.25) is 14.6 Å². The predicted octanol–water partition coefficient (Wildman–Crippen LogP) is -0.413. The van der Waals surface area contributed by atoms with Gasteiger partial charge in [-0.1, -0.05) is 16.5 Å². The Morgan fingerprint density at radius 1 is 1.00 bits per heavy atom. The normalized spacial score (nSPS) is 12.4. The van der Waals surface area contributed by atoms with Crippen molar-refractivity contribution in [2.24, 2.45) is 0 Å². The van der Waals surface area contributed by atoms with Crippen molar-refractivity contribution in [1.82, 2.24) is 55.2 Å². The number of nitrogens with zero attached hydrogens (tertiary/aromatic N) is 11. The maximum Gasteiger partial charge on any atom is 0.277 e. The molecule has 1 unspecified atom stereocenters. The number of fused-ring (bicyclic) bond motifs is 2. The number of aromatic nitrogens is 11. The second-order valence-corrected chi connectivity index (χ2v) is 6.98. The molecule has 5 rings (SSSR count). The van der Waals surface area contributed by atoms with Crippen LogP contribution in [0.4, 0.5) is 0 Å². The van der Waals surface area contributed by atoms with Gasteiger partial charge in [0.25, 0.3) is 11.1 Å². The lowest BCUT2D eigenvalue weighted by Crippen LogP contribution is -2.30. The fraction of sp³-hybridized carbons (Fsp3) is 0.222. The molecule has 0 aliphatic rings. The molecule has 0 N–H and O–H groups in total. The van der Waals surface area contributed by atoms with Crippen molar-refractivity contribution >= 4 is 21.8 Å². The minimum atomic E-state index is -0.368. The molecule has 1 atom stereocenters. The van der Waals surface area contributed by atoms with Gasteiger partial charge in [-0.25, -0.2) is 9.36 Å². The highest BCUT2D eigenvalue weighted by atomic mass is 16.1. The van der Waals surface area contributed by atoms with Crippen molar-refractivity contribution in [3.63, 3.8) is 0 Å². The summed E-state index contributed by atoms with van der Waals surface area (Å²) in [6.07, 6.45) is 4.62. The van der Waals surface area contributed by atoms with Crippen LogP contribution in [0.3, 0.4) is 0 Å². The number of hydrogen-bond donors (Lipinski definition) is 0. The molecule has 31 heavy (non-hydrogen) atoms. The van der Waals surface area contributed by atoms with E-state index in [1.807, 2.05) is 6.07 Å². The number of pyridine rings is 1. The summed E-state index contributed by atoms with van der Waals surface area (Å²) in [5, 5.41) is 28.3. The largest absolute Gasteiger partial charge is 0.277 e. The van der Waals surface area contributed by atoms with Gasteiger partial charge in [-0.15, -0.1) is 20.4 Å². The fourth-order valence-electron chi connectivity index (χ4n) is 3.27. The molecule has 4 aromatic heterocycles. The fourth-order valence-corrected chi connectivity index (χ4v) is 3.27. The molecule has 0 spiro atoms. The molecule has 0 radical (unpaired) electrons. The van der Waals surface area contributed by atoms with Gasteiger partial charge in [-0.2, -0.15) is 4.80 Å². The van der Waals surface area contributed by atoms with E-state index in [1.54, 1.807) is 25.4 Å². The monoisotopic (exact) mass is 417 g/mol. The maximum absolute atomic E-state index is 13.0. The third-order valence-electron chi connectivity index (χ3n) is 4.82. The summed E-state index contributed by atoms with van der Waals surface area (Å²) in [5.41, 5.74) is 0.728. The first-order valence-electron chi connectivity index (χ1n) is 9.36. The molecule has 0 aliphatic carbocycles. The average Bonchev–Trinajstić information content (AvgIpc) is 3.29. The molecular formula is C18H15N11O2. The zero-order valence-corrected chi connectivity index (χ0v) is 16.3. The summed E-state index contributed by atoms with van der Waals surface area (Å²) < 4.78 is 2.49. The van der Waals surface area contributed by atoms with Gasteiger partial charge in [0.2, 0.25) is 0 Å². The van der Waals surface area contributed by atoms with E-state index in [1.165, 1.54) is 32.6 Å². The minimum Gasteiger partial charge on any atom is -0.267 e. The predicted molar refractivity (Wildman–Crippen MR) is 107 cm³/mol. The zero-order chi connectivity index (χ0) is 21.4. The number of benzene rings is 1. The van der Waals surface area contributed by atoms with Crippen molar-refractivity contribution in [2.45, 2.75) is 26.1 Å². The van der Waals surface area contributed by atoms with Gasteiger partial charge >= 0.3 is 0 Å². The van der Waals surface area contributed by atoms with Gasteiger partial charge in [0, 0.05) is 12.4 Å². The smallest absolute Gasteiger partial charge is 0.267 e. The van der Waals surface area contributed by atoms with Crippen LogP contribution in [-0.2, 0) is 13.1 Å². The Morgan fingerprint density at radius 3 is 2.48 bits per heavy atom. The SMILES string of the molecule is CC(Cn1ncnn1)n1nnc2cc3c(=O)n(Cc4cccnc4)nnc3cc2c1=O. The second-order valence-electron chi connectivity index (χ2n) is 6.98. The number of hydrogen-bond acceptors (Lipinski definition) is 10. The van der Waals surface area contributed by atoms with Gasteiger partial charge in [0.05, 0.1) is 29.9 Å². The minimum absolute atomic E-state index is 0.231. The molecule has 154 valence electrons. The molecule has 0 saturated carbocycles. The Hall–Kier alpha value is -4.42. The Morgan fingerprint density at radius 2 is 1.77 bits per heavy atom. The molecule has 0 amide bonds. The van der Waals surface area contributed by atoms with E-state index in [9.17, 15) is 9.59 Å². The molecule has 0 aliphatic heterocycles. The summed E-state index contributed by atoms with van der Waals surface area (Å²) in [4.78, 5) is 31.3. The summed E-state index contributed by atoms with van der Waals surface area (Å²) in [5.74, 6) is 0. The maximum atomic E-state index is 13.0. The van der Waals surface area contributed by atoms with Gasteiger partial charge in [0.1, 0.15) is 11.0 Å². The quantitative estimate of drug-likeness (QED) is 0.345. The van der Waals surface area contributed by atoms with Crippen LogP contribution in [0.1, 0.15) is 18.5 Å². The lowest BCUT2D eigenvalue weighted by molar-refractivity contribution is 0.354. The molecule has 13 nitrogen and oxygen atoms in total. The number of tetrazole rings is 1. The van der Waals surface area contributed by atoms with Crippen molar-refractivity contribution in [3.05, 3.63) is 69.3 Å². The van der Waals surface area contributed by atoms with E-state index in [2.05, 4.69) is 41.0 Å². The second kappa shape index (κ2) is 7.44. The van der Waals surface area contributed by atoms with Gasteiger partial charge in [-0.05, 0) is 35.9 Å². The molecule has 4 heterocycles. The lowest BCUT2D eigenvalue weighted by Gasteiger charge is -2.12. The van der Waals surface area contributed by atoms with Crippen LogP contribution in [-0.4, -0.2) is 55.2 Å². The van der Waals surface area contributed by atoms with Crippen molar-refractivity contribution < 1.29 is 0 Å². The first-order chi connectivity index (χ1) is 15.1. The van der Waals surface area contributed by atoms with Crippen LogP contribution in [0.2, 0.25) is 0 Å². The highest BCUT2D eigenvalue weighted by molar-refractivity contribution is 5.93. The topological polar surface area (TPSA) is 152 Å². The van der Waals surface area contributed by atoms with E-state index in [4.69, 9.17) is 0 Å². The van der Waals surface area contributed by atoms with E-state index in [-0.39, 0.29) is 23.7 Å². The zero-order valence-electron chi connectivity index (χ0n) is 16.3. The average molecular weight is 417 g/mol. The highest BCUT2D eigenvalue weighted by Crippen LogP contribution is 2.15. The number of rotatable bonds is 5. The molecule has 5 aromatic rings. The third-order valence-corrected chi connectivity index (χ3v) is 4.82. The molecule has 0 bridgehead atoms. The van der Waals surface area contributed by atoms with E-state index in [0.717, 1.165) is 5.56 Å². The van der Waals surface area contributed by atoms with Gasteiger partial charge < -0.3 is 0 Å². The first-order valence-corrected chi connectivity index (χ1v) is 9.36. The summed E-state index contributed by atoms with van der Waals surface area (Å²) >= 11 is 0. The molecular weight excluding hydrogens is 402 g/mol. The van der Waals surface area contributed by atoms with E-state index >= 15 is 0 Å². The standard InChI is InChI=1S/C18H15N11O2/c1-11(8-28-21-10-20-24-28)29-18(31)14-6-15-13(5-16(14)23-26-29)17(30)27(25-22-15)9-12-3-2-4-19-7-12/h2-7,10-11H,8-9H2,1H3. The Balaban J connectivity index is 1.56. The molecule has 0 fully saturated rings. The van der Waals surface area contributed by atoms with Crippen molar-refractivity contribution in [2.75, 3.05) is 0 Å². The van der Waals surface area contributed by atoms with E-state index < -0.39 is 0 Å². The summed E-state index contributed by atoms with van der Waals surface area (Å²) in [6, 6.07) is 6.29. The molecule has 0 saturated heterocycles. The molecule has 1 aromatic carbocycles. The van der Waals surface area contributed by atoms with Crippen molar-refractivity contribution in [3.8, 4) is 0 Å². The van der Waals surface area contributed by atoms with Crippen LogP contribution >= 0.6 is 0 Å². The highest BCUT2D eigenvalue weighted by Gasteiger charge is 2.16. The molecule has 13 heteroatoms. The van der Waals surface area contributed by atoms with Crippen molar-refractivity contribution in [1.29, 1.82) is 0 Å². The van der Waals surface area contributed by atoms with Crippen LogP contribution in [0.5, 0.6) is 0 Å². The summed E-state index contributed by atoms with van der Waals surface area (Å²) in [7, 11) is 0. The third kappa shape index (κ3) is 3.41. The van der Waals surface area contributed by atoms with Crippen LogP contribution in [0.25, 0.3) is 21.8 Å². The Labute approximate surface area is 173 Å². The Kier molecular flexibility index (Phi) is 4.46. The van der Waals surface area contributed by atoms with Crippen LogP contribution in [0.15, 0.2) is 52.6 Å². The van der Waals surface area contributed by atoms with Gasteiger partial charge in [0.15, 0.2) is 6.33 Å². The lowest BCUT2D eigenvalue weighted by atomic mass is 10.2. The first kappa shape index (κ1) is 18.6. The van der Waals surface area contributed by atoms with Crippen LogP contribution < -0.4 is 11.1 Å². The summed E-state index contributed by atoms with van der Waals surface area (Å²) in [6.45, 7) is 2.32. The Bertz CT molecular complexity index is 1490. The van der Waals surface area contributed by atoms with Crippen LogP contribution in [0, 0.1) is 0 Å².